The third-order valence-electron chi connectivity index (χ3n) is 7.45. The van der Waals surface area contributed by atoms with Gasteiger partial charge in [-0.05, 0) is 84.5 Å². The zero-order valence-corrected chi connectivity index (χ0v) is 22.6. The number of hydrogen-bond acceptors (Lipinski definition) is 6. The molecule has 204 valence electrons. The van der Waals surface area contributed by atoms with E-state index in [1.54, 1.807) is 11.8 Å². The highest BCUT2D eigenvalue weighted by Gasteiger charge is 2.38. The third-order valence-corrected chi connectivity index (χ3v) is 7.45. The number of nitrogens with zero attached hydrogens (tertiary/aromatic N) is 2. The highest BCUT2D eigenvalue weighted by atomic mass is 16.6. The summed E-state index contributed by atoms with van der Waals surface area (Å²) in [5.74, 6) is 0.0291. The lowest BCUT2D eigenvalue weighted by Crippen LogP contribution is -2.47. The fraction of sp³-hybridized carbons (Fsp3) is 0.852. The molecule has 1 unspecified atom stereocenters. The normalized spacial score (nSPS) is 22.1. The van der Waals surface area contributed by atoms with Gasteiger partial charge in [0.25, 0.3) is 0 Å². The number of carbonyl (C=O) groups is 4. The molecule has 9 nitrogen and oxygen atoms in total. The van der Waals surface area contributed by atoms with E-state index in [0.29, 0.717) is 57.6 Å². The molecule has 3 amide bonds. The summed E-state index contributed by atoms with van der Waals surface area (Å²) in [5, 5.41) is 2.96. The molecule has 0 aromatic carbocycles. The number of rotatable bonds is 9. The molecule has 0 aromatic heterocycles. The molecule has 2 aliphatic heterocycles. The summed E-state index contributed by atoms with van der Waals surface area (Å²) in [6, 6.07) is 0. The Kier molecular flexibility index (Phi) is 10.0. The van der Waals surface area contributed by atoms with E-state index < -0.39 is 5.60 Å². The summed E-state index contributed by atoms with van der Waals surface area (Å²) in [4.78, 5) is 53.8. The van der Waals surface area contributed by atoms with Crippen LogP contribution in [0.15, 0.2) is 0 Å². The first-order valence-electron chi connectivity index (χ1n) is 13.8. The lowest BCUT2D eigenvalue weighted by atomic mass is 9.91. The Morgan fingerprint density at radius 3 is 2.28 bits per heavy atom. The molecular weight excluding hydrogens is 462 g/mol. The molecule has 0 spiro atoms. The van der Waals surface area contributed by atoms with Crippen molar-refractivity contribution in [2.24, 2.45) is 23.7 Å². The quantitative estimate of drug-likeness (QED) is 0.480. The van der Waals surface area contributed by atoms with Crippen LogP contribution >= 0.6 is 0 Å². The first-order valence-corrected chi connectivity index (χ1v) is 13.8. The summed E-state index contributed by atoms with van der Waals surface area (Å²) in [6.45, 7) is 10.5. The van der Waals surface area contributed by atoms with Crippen molar-refractivity contribution in [2.75, 3.05) is 39.3 Å². The minimum Gasteiger partial charge on any atom is -0.466 e. The maximum Gasteiger partial charge on any atom is 0.410 e. The van der Waals surface area contributed by atoms with Crippen LogP contribution in [-0.2, 0) is 23.9 Å². The summed E-state index contributed by atoms with van der Waals surface area (Å²) in [6.07, 6.45) is 6.33. The number of hydrogen-bond donors (Lipinski definition) is 1. The fourth-order valence-corrected chi connectivity index (χ4v) is 5.18. The molecular formula is C27H45N3O6. The van der Waals surface area contributed by atoms with Gasteiger partial charge in [0, 0.05) is 39.1 Å². The van der Waals surface area contributed by atoms with Crippen LogP contribution in [0, 0.1) is 23.7 Å². The Labute approximate surface area is 215 Å². The Hall–Kier alpha value is -2.32. The van der Waals surface area contributed by atoms with E-state index in [4.69, 9.17) is 9.47 Å². The molecule has 2 heterocycles. The molecule has 1 aliphatic carbocycles. The predicted octanol–water partition coefficient (Wildman–Crippen LogP) is 3.36. The largest absolute Gasteiger partial charge is 0.466 e. The molecule has 9 heteroatoms. The molecule has 3 fully saturated rings. The minimum absolute atomic E-state index is 0.0723. The van der Waals surface area contributed by atoms with Gasteiger partial charge in [-0.15, -0.1) is 0 Å². The van der Waals surface area contributed by atoms with Gasteiger partial charge in [-0.3, -0.25) is 14.4 Å². The standard InChI is InChI=1S/C27H45N3O6/c1-5-35-25(33)22(20-9-10-20)17-28-24(32)21-7-6-14-30(18-21)23(31)11-8-19-12-15-29(16-13-19)26(34)36-27(2,3)4/h19-22H,5-18H2,1-4H3,(H,28,32)/t21-,22?/m1/s1. The van der Waals surface area contributed by atoms with Crippen LogP contribution in [0.3, 0.4) is 0 Å². The fourth-order valence-electron chi connectivity index (χ4n) is 5.18. The van der Waals surface area contributed by atoms with E-state index >= 15 is 0 Å². The van der Waals surface area contributed by atoms with Gasteiger partial charge in [0.15, 0.2) is 0 Å². The Morgan fingerprint density at radius 2 is 1.67 bits per heavy atom. The Bertz CT molecular complexity index is 783. The third kappa shape index (κ3) is 8.66. The number of esters is 1. The summed E-state index contributed by atoms with van der Waals surface area (Å²) in [5.41, 5.74) is -0.497. The topological polar surface area (TPSA) is 105 Å². The number of carbonyl (C=O) groups excluding carboxylic acids is 4. The highest BCUT2D eigenvalue weighted by molar-refractivity contribution is 5.82. The molecule has 0 bridgehead atoms. The van der Waals surface area contributed by atoms with Gasteiger partial charge in [0.2, 0.25) is 11.8 Å². The van der Waals surface area contributed by atoms with Crippen molar-refractivity contribution in [2.45, 2.75) is 84.7 Å². The first-order chi connectivity index (χ1) is 17.1. The molecule has 0 radical (unpaired) electrons. The van der Waals surface area contributed by atoms with Gasteiger partial charge in [0.1, 0.15) is 5.60 Å². The number of likely N-dealkylation sites (tertiary alicyclic amines) is 2. The van der Waals surface area contributed by atoms with E-state index in [1.165, 1.54) is 0 Å². The van der Waals surface area contributed by atoms with Crippen molar-refractivity contribution < 1.29 is 28.7 Å². The number of piperidine rings is 2. The molecule has 2 saturated heterocycles. The zero-order chi connectivity index (χ0) is 26.3. The Balaban J connectivity index is 1.38. The highest BCUT2D eigenvalue weighted by Crippen LogP contribution is 2.37. The average molecular weight is 508 g/mol. The molecule has 0 aromatic rings. The van der Waals surface area contributed by atoms with Crippen molar-refractivity contribution in [3.63, 3.8) is 0 Å². The maximum absolute atomic E-state index is 12.9. The number of nitrogens with one attached hydrogen (secondary N) is 1. The van der Waals surface area contributed by atoms with Crippen molar-refractivity contribution in [1.82, 2.24) is 15.1 Å². The van der Waals surface area contributed by atoms with Crippen molar-refractivity contribution >= 4 is 23.9 Å². The van der Waals surface area contributed by atoms with Crippen LogP contribution in [0.1, 0.15) is 79.1 Å². The SMILES string of the molecule is CCOC(=O)C(CNC(=O)[C@@H]1CCCN(C(=O)CCC2CCN(C(=O)OC(C)(C)C)CC2)C1)C1CC1. The number of amides is 3. The first kappa shape index (κ1) is 28.3. The lowest BCUT2D eigenvalue weighted by Gasteiger charge is -2.34. The van der Waals surface area contributed by atoms with Gasteiger partial charge >= 0.3 is 12.1 Å². The maximum atomic E-state index is 12.9. The monoisotopic (exact) mass is 507 g/mol. The van der Waals surface area contributed by atoms with E-state index in [0.717, 1.165) is 44.9 Å². The molecule has 3 aliphatic rings. The predicted molar refractivity (Wildman–Crippen MR) is 135 cm³/mol. The second-order valence-corrected chi connectivity index (χ2v) is 11.6. The Morgan fingerprint density at radius 1 is 0.972 bits per heavy atom. The average Bonchev–Trinajstić information content (AvgIpc) is 3.67. The van der Waals surface area contributed by atoms with Crippen LogP contribution in [0.4, 0.5) is 4.79 Å². The van der Waals surface area contributed by atoms with Gasteiger partial charge < -0.3 is 24.6 Å². The van der Waals surface area contributed by atoms with Gasteiger partial charge in [-0.2, -0.15) is 0 Å². The van der Waals surface area contributed by atoms with Gasteiger partial charge in [-0.25, -0.2) is 4.79 Å². The summed E-state index contributed by atoms with van der Waals surface area (Å²) < 4.78 is 10.6. The van der Waals surface area contributed by atoms with Gasteiger partial charge in [-0.1, -0.05) is 0 Å². The summed E-state index contributed by atoms with van der Waals surface area (Å²) >= 11 is 0. The summed E-state index contributed by atoms with van der Waals surface area (Å²) in [7, 11) is 0. The molecule has 2 atom stereocenters. The van der Waals surface area contributed by atoms with Crippen LogP contribution in [0.25, 0.3) is 0 Å². The second kappa shape index (κ2) is 12.8. The van der Waals surface area contributed by atoms with Crippen LogP contribution in [0.2, 0.25) is 0 Å². The minimum atomic E-state index is -0.497. The molecule has 3 rings (SSSR count). The van der Waals surface area contributed by atoms with E-state index in [2.05, 4.69) is 5.32 Å². The van der Waals surface area contributed by atoms with E-state index in [-0.39, 0.29) is 35.7 Å². The van der Waals surface area contributed by atoms with Gasteiger partial charge in [0.05, 0.1) is 18.4 Å². The van der Waals surface area contributed by atoms with Crippen LogP contribution in [0.5, 0.6) is 0 Å². The van der Waals surface area contributed by atoms with E-state index in [1.807, 2.05) is 25.7 Å². The van der Waals surface area contributed by atoms with Crippen LogP contribution in [-0.4, -0.2) is 78.6 Å². The van der Waals surface area contributed by atoms with Crippen LogP contribution < -0.4 is 5.32 Å². The molecule has 1 N–H and O–H groups in total. The smallest absolute Gasteiger partial charge is 0.410 e. The second-order valence-electron chi connectivity index (χ2n) is 11.6. The molecule has 1 saturated carbocycles. The lowest BCUT2D eigenvalue weighted by molar-refractivity contribution is -0.148. The van der Waals surface area contributed by atoms with E-state index in [9.17, 15) is 19.2 Å². The van der Waals surface area contributed by atoms with Crippen molar-refractivity contribution in [3.8, 4) is 0 Å². The zero-order valence-electron chi connectivity index (χ0n) is 22.6. The number of ether oxygens (including phenoxy) is 2. The van der Waals surface area contributed by atoms with Crippen molar-refractivity contribution in [3.05, 3.63) is 0 Å². The van der Waals surface area contributed by atoms with Crippen molar-refractivity contribution in [1.29, 1.82) is 0 Å². The molecule has 36 heavy (non-hydrogen) atoms.